The van der Waals surface area contributed by atoms with Gasteiger partial charge < -0.3 is 15.1 Å². The van der Waals surface area contributed by atoms with Gasteiger partial charge in [0.2, 0.25) is 0 Å². The van der Waals surface area contributed by atoms with Crippen LogP contribution in [-0.2, 0) is 6.42 Å². The van der Waals surface area contributed by atoms with Gasteiger partial charge in [0.15, 0.2) is 0 Å². The van der Waals surface area contributed by atoms with Crippen molar-refractivity contribution in [3.05, 3.63) is 36.2 Å². The topological polar surface area (TPSA) is 76.3 Å². The molecule has 3 N–H and O–H groups in total. The molecule has 0 aliphatic rings. The van der Waals surface area contributed by atoms with Crippen LogP contribution in [0.5, 0.6) is 5.75 Å². The van der Waals surface area contributed by atoms with Crippen molar-refractivity contribution in [3.63, 3.8) is 0 Å². The first-order valence-corrected chi connectivity index (χ1v) is 6.89. The predicted molar refractivity (Wildman–Crippen MR) is 84.9 cm³/mol. The summed E-state index contributed by atoms with van der Waals surface area (Å²) in [5.41, 5.74) is 4.69. The largest absolute Gasteiger partial charge is 0.497 e. The van der Waals surface area contributed by atoms with E-state index in [9.17, 15) is 0 Å². The molecule has 0 unspecified atom stereocenters. The average Bonchev–Trinajstić information content (AvgIpc) is 2.54. The molecule has 0 atom stereocenters. The lowest BCUT2D eigenvalue weighted by atomic mass is 10.1. The smallest absolute Gasteiger partial charge is 0.148 e. The number of nitrogen functional groups attached to an aromatic ring is 1. The molecular weight excluding hydrogens is 266 g/mol. The molecule has 0 aliphatic carbocycles. The normalized spacial score (nSPS) is 10.3. The first-order chi connectivity index (χ1) is 10.2. The molecule has 2 aromatic rings. The van der Waals surface area contributed by atoms with Crippen molar-refractivity contribution < 1.29 is 4.74 Å². The van der Waals surface area contributed by atoms with E-state index in [2.05, 4.69) is 22.3 Å². The van der Waals surface area contributed by atoms with Crippen LogP contribution >= 0.6 is 0 Å². The second kappa shape index (κ2) is 6.90. The first kappa shape index (κ1) is 15.1. The highest BCUT2D eigenvalue weighted by Crippen LogP contribution is 2.29. The average molecular weight is 287 g/mol. The van der Waals surface area contributed by atoms with Crippen LogP contribution in [0.2, 0.25) is 0 Å². The molecule has 0 amide bonds. The molecule has 0 fully saturated rings. The maximum absolute atomic E-state index is 5.55. The van der Waals surface area contributed by atoms with Gasteiger partial charge >= 0.3 is 0 Å². The van der Waals surface area contributed by atoms with Crippen molar-refractivity contribution in [1.82, 2.24) is 9.97 Å². The summed E-state index contributed by atoms with van der Waals surface area (Å²) in [7, 11) is 3.63. The van der Waals surface area contributed by atoms with Crippen LogP contribution in [0.3, 0.4) is 0 Å². The van der Waals surface area contributed by atoms with E-state index in [0.717, 1.165) is 35.7 Å². The van der Waals surface area contributed by atoms with Gasteiger partial charge in [0.05, 0.1) is 7.11 Å². The molecule has 0 bridgehead atoms. The summed E-state index contributed by atoms with van der Waals surface area (Å²) in [4.78, 5) is 10.6. The van der Waals surface area contributed by atoms with Gasteiger partial charge in [-0.05, 0) is 30.7 Å². The number of aromatic nitrogens is 2. The highest BCUT2D eigenvalue weighted by molar-refractivity contribution is 5.67. The number of benzene rings is 1. The molecule has 0 radical (unpaired) electrons. The van der Waals surface area contributed by atoms with Crippen molar-refractivity contribution >= 4 is 17.3 Å². The van der Waals surface area contributed by atoms with Crippen LogP contribution in [0.1, 0.15) is 18.9 Å². The predicted octanol–water partition coefficient (Wildman–Crippen LogP) is 2.49. The lowest BCUT2D eigenvalue weighted by molar-refractivity contribution is 0.415. The molecule has 1 aromatic heterocycles. The van der Waals surface area contributed by atoms with Crippen LogP contribution in [0.15, 0.2) is 30.6 Å². The third-order valence-electron chi connectivity index (χ3n) is 3.34. The van der Waals surface area contributed by atoms with Crippen LogP contribution in [0.4, 0.5) is 17.3 Å². The fourth-order valence-corrected chi connectivity index (χ4v) is 2.22. The summed E-state index contributed by atoms with van der Waals surface area (Å²) in [5.74, 6) is 7.90. The number of hydrogen-bond acceptors (Lipinski definition) is 6. The van der Waals surface area contributed by atoms with Crippen molar-refractivity contribution in [2.24, 2.45) is 5.84 Å². The molecule has 0 aliphatic heterocycles. The van der Waals surface area contributed by atoms with Gasteiger partial charge in [-0.2, -0.15) is 0 Å². The zero-order valence-electron chi connectivity index (χ0n) is 12.6. The van der Waals surface area contributed by atoms with E-state index in [0.29, 0.717) is 5.82 Å². The van der Waals surface area contributed by atoms with Crippen LogP contribution in [-0.4, -0.2) is 24.1 Å². The minimum Gasteiger partial charge on any atom is -0.497 e. The van der Waals surface area contributed by atoms with E-state index in [1.807, 2.05) is 36.2 Å². The highest BCUT2D eigenvalue weighted by atomic mass is 16.5. The molecule has 6 nitrogen and oxygen atoms in total. The fraction of sp³-hybridized carbons (Fsp3) is 0.333. The minimum atomic E-state index is 0.669. The molecular formula is C15H21N5O. The van der Waals surface area contributed by atoms with Crippen LogP contribution in [0, 0.1) is 0 Å². The summed E-state index contributed by atoms with van der Waals surface area (Å²) >= 11 is 0. The van der Waals surface area contributed by atoms with E-state index >= 15 is 0 Å². The number of rotatable bonds is 6. The lowest BCUT2D eigenvalue weighted by Crippen LogP contribution is -2.18. The molecule has 112 valence electrons. The van der Waals surface area contributed by atoms with Gasteiger partial charge in [0.25, 0.3) is 0 Å². The molecule has 21 heavy (non-hydrogen) atoms. The summed E-state index contributed by atoms with van der Waals surface area (Å²) < 4.78 is 5.18. The number of methoxy groups -OCH3 is 1. The number of nitrogens with two attached hydrogens (primary N) is 1. The molecule has 6 heteroatoms. The molecule has 2 rings (SSSR count). The van der Waals surface area contributed by atoms with Crippen molar-refractivity contribution in [2.45, 2.75) is 19.8 Å². The summed E-state index contributed by atoms with van der Waals surface area (Å²) in [6.45, 7) is 2.12. The number of nitrogens with one attached hydrogen (secondary N) is 1. The Bertz CT molecular complexity index is 585. The number of hydrazine groups is 1. The maximum Gasteiger partial charge on any atom is 0.148 e. The molecule has 1 aromatic carbocycles. The number of ether oxygens (including phenoxy) is 1. The Morgan fingerprint density at radius 2 is 1.95 bits per heavy atom. The molecule has 0 saturated carbocycles. The molecule has 0 spiro atoms. The van der Waals surface area contributed by atoms with E-state index in [1.54, 1.807) is 7.11 Å². The van der Waals surface area contributed by atoms with Crippen LogP contribution < -0.4 is 20.9 Å². The first-order valence-electron chi connectivity index (χ1n) is 6.89. The van der Waals surface area contributed by atoms with E-state index < -0.39 is 0 Å². The number of anilines is 3. The third kappa shape index (κ3) is 3.22. The Morgan fingerprint density at radius 1 is 1.24 bits per heavy atom. The lowest BCUT2D eigenvalue weighted by Gasteiger charge is -2.22. The Labute approximate surface area is 124 Å². The third-order valence-corrected chi connectivity index (χ3v) is 3.34. The van der Waals surface area contributed by atoms with Gasteiger partial charge in [0, 0.05) is 18.3 Å². The SMILES string of the molecule is CCCc1c(NN)ncnc1N(C)c1ccc(OC)cc1. The second-order valence-electron chi connectivity index (χ2n) is 4.68. The zero-order chi connectivity index (χ0) is 15.2. The number of hydrogen-bond donors (Lipinski definition) is 2. The summed E-state index contributed by atoms with van der Waals surface area (Å²) in [6, 6.07) is 7.83. The van der Waals surface area contributed by atoms with Gasteiger partial charge in [-0.3, -0.25) is 0 Å². The Hall–Kier alpha value is -2.34. The van der Waals surface area contributed by atoms with E-state index in [-0.39, 0.29) is 0 Å². The Morgan fingerprint density at radius 3 is 2.52 bits per heavy atom. The van der Waals surface area contributed by atoms with Crippen molar-refractivity contribution in [3.8, 4) is 5.75 Å². The number of nitrogens with zero attached hydrogens (tertiary/aromatic N) is 3. The molecule has 1 heterocycles. The second-order valence-corrected chi connectivity index (χ2v) is 4.68. The molecule has 0 saturated heterocycles. The Kier molecular flexibility index (Phi) is 4.94. The summed E-state index contributed by atoms with van der Waals surface area (Å²) in [5, 5.41) is 0. The van der Waals surface area contributed by atoms with Crippen LogP contribution in [0.25, 0.3) is 0 Å². The maximum atomic E-state index is 5.55. The monoisotopic (exact) mass is 287 g/mol. The fourth-order valence-electron chi connectivity index (χ4n) is 2.22. The quantitative estimate of drug-likeness (QED) is 0.628. The highest BCUT2D eigenvalue weighted by Gasteiger charge is 2.15. The van der Waals surface area contributed by atoms with Crippen molar-refractivity contribution in [2.75, 3.05) is 24.5 Å². The standard InChI is InChI=1S/C15H21N5O/c1-4-5-13-14(19-16)17-10-18-15(13)20(2)11-6-8-12(21-3)9-7-11/h6-10H,4-5,16H2,1-3H3,(H,17,18,19). The van der Waals surface area contributed by atoms with Gasteiger partial charge in [-0.1, -0.05) is 13.3 Å². The summed E-state index contributed by atoms with van der Waals surface area (Å²) in [6.07, 6.45) is 3.37. The van der Waals surface area contributed by atoms with Gasteiger partial charge in [0.1, 0.15) is 23.7 Å². The van der Waals surface area contributed by atoms with Gasteiger partial charge in [-0.25, -0.2) is 15.8 Å². The van der Waals surface area contributed by atoms with Crippen molar-refractivity contribution in [1.29, 1.82) is 0 Å². The van der Waals surface area contributed by atoms with Gasteiger partial charge in [-0.15, -0.1) is 0 Å². The van der Waals surface area contributed by atoms with E-state index in [1.165, 1.54) is 6.33 Å². The zero-order valence-corrected chi connectivity index (χ0v) is 12.6. The van der Waals surface area contributed by atoms with E-state index in [4.69, 9.17) is 10.6 Å². The Balaban J connectivity index is 2.39. The minimum absolute atomic E-state index is 0.669.